The molecule has 0 rings (SSSR count). The number of hydrogen-bond acceptors (Lipinski definition) is 4. The van der Waals surface area contributed by atoms with Crippen LogP contribution in [-0.2, 0) is 18.2 Å². The minimum Gasteiger partial charge on any atom is -0.331 e. The molecule has 0 fully saturated rings. The number of terminal acetylenes is 1. The first kappa shape index (κ1) is 21.2. The lowest BCUT2D eigenvalue weighted by atomic mass is 10.3. The van der Waals surface area contributed by atoms with E-state index in [-0.39, 0.29) is 0 Å². The normalized spacial score (nSPS) is 9.95. The molecule has 0 amide bonds. The highest BCUT2D eigenvalue weighted by atomic mass is 31.2. The Bertz CT molecular complexity index is 438. The van der Waals surface area contributed by atoms with Crippen LogP contribution < -0.4 is 0 Å². The van der Waals surface area contributed by atoms with E-state index in [1.54, 1.807) is 12.2 Å². The van der Waals surface area contributed by atoms with E-state index < -0.39 is 15.4 Å². The molecule has 0 aliphatic carbocycles. The number of unbranched alkanes of at least 4 members (excludes halogenated alkanes) is 1. The van der Waals surface area contributed by atoms with E-state index in [1.807, 2.05) is 0 Å². The molecule has 1 atom stereocenters. The maximum Gasteiger partial charge on any atom is 0.603 e. The Morgan fingerprint density at radius 2 is 1.80 bits per heavy atom. The number of hydrogen-bond donors (Lipinski definition) is 0. The van der Waals surface area contributed by atoms with Crippen LogP contribution >= 0.6 is 15.4 Å². The Morgan fingerprint density at radius 1 is 1.25 bits per heavy atom. The van der Waals surface area contributed by atoms with Gasteiger partial charge in [0, 0.05) is 32.3 Å². The van der Waals surface area contributed by atoms with Crippen LogP contribution in [-0.4, -0.2) is 26.5 Å². The maximum absolute atomic E-state index is 11.4. The maximum atomic E-state index is 11.4. The third kappa shape index (κ3) is 13.3. The van der Waals surface area contributed by atoms with Crippen LogP contribution in [0.2, 0.25) is 0 Å². The summed E-state index contributed by atoms with van der Waals surface area (Å²) in [6, 6.07) is 0. The molecule has 110 valence electrons. The molecule has 4 nitrogen and oxygen atoms in total. The van der Waals surface area contributed by atoms with E-state index in [9.17, 15) is 9.13 Å². The van der Waals surface area contributed by atoms with Crippen molar-refractivity contribution in [2.75, 3.05) is 26.5 Å². The number of rotatable bonds is 7. The highest BCUT2D eigenvalue weighted by Gasteiger charge is 2.16. The summed E-state index contributed by atoms with van der Waals surface area (Å²) in [6.45, 7) is 6.98. The average Bonchev–Trinajstić information content (AvgIpc) is 2.44. The third-order valence-corrected chi connectivity index (χ3v) is 4.84. The summed E-state index contributed by atoms with van der Waals surface area (Å²) in [4.78, 5) is 0. The summed E-state index contributed by atoms with van der Waals surface area (Å²) >= 11 is 0. The van der Waals surface area contributed by atoms with E-state index >= 15 is 0 Å². The van der Waals surface area contributed by atoms with E-state index in [0.717, 1.165) is 0 Å². The summed E-state index contributed by atoms with van der Waals surface area (Å²) in [6.07, 6.45) is 10.2. The Hall–Kier alpha value is -1.15. The molecule has 20 heavy (non-hydrogen) atoms. The van der Waals surface area contributed by atoms with Crippen molar-refractivity contribution >= 4 is 15.4 Å². The molecule has 0 aromatic rings. The molecule has 1 unspecified atom stereocenters. The summed E-state index contributed by atoms with van der Waals surface area (Å²) in [5, 5.41) is 0. The smallest absolute Gasteiger partial charge is 0.331 e. The molecular formula is C14H21O4P2+. The molecule has 0 aliphatic heterocycles. The number of allylic oxidation sites excluding steroid dienone is 2. The van der Waals surface area contributed by atoms with Gasteiger partial charge in [-0.05, 0) is 10.5 Å². The van der Waals surface area contributed by atoms with E-state index in [1.165, 1.54) is 14.2 Å². The first-order valence-electron chi connectivity index (χ1n) is 5.78. The highest BCUT2D eigenvalue weighted by Crippen LogP contribution is 2.45. The fourth-order valence-electron chi connectivity index (χ4n) is 0.918. The van der Waals surface area contributed by atoms with Gasteiger partial charge in [0.15, 0.2) is 0 Å². The largest absolute Gasteiger partial charge is 0.603 e. The van der Waals surface area contributed by atoms with Gasteiger partial charge in [-0.2, -0.15) is 0 Å². The van der Waals surface area contributed by atoms with Crippen LogP contribution in [0.5, 0.6) is 0 Å². The lowest BCUT2D eigenvalue weighted by molar-refractivity contribution is 0.398. The Kier molecular flexibility index (Phi) is 15.1. The fraction of sp³-hybridized carbons (Fsp3) is 0.429. The van der Waals surface area contributed by atoms with Gasteiger partial charge in [-0.25, -0.2) is 0 Å². The van der Waals surface area contributed by atoms with E-state index in [0.29, 0.717) is 25.2 Å². The summed E-state index contributed by atoms with van der Waals surface area (Å²) in [7, 11) is -1.40. The fourth-order valence-corrected chi connectivity index (χ4v) is 2.48. The van der Waals surface area contributed by atoms with Crippen LogP contribution in [0.1, 0.15) is 12.8 Å². The van der Waals surface area contributed by atoms with Gasteiger partial charge in [0.2, 0.25) is 13.0 Å². The van der Waals surface area contributed by atoms with Crippen molar-refractivity contribution < 1.29 is 18.2 Å². The quantitative estimate of drug-likeness (QED) is 0.308. The predicted octanol–water partition coefficient (Wildman–Crippen LogP) is 4.03. The van der Waals surface area contributed by atoms with Gasteiger partial charge in [-0.15, -0.1) is 30.0 Å². The molecular weight excluding hydrogens is 294 g/mol. The standard InChI is InChI=1S/C7H13O2P.C7H8O2P/c1-4-6-10(8,9-3)7-5-2;1-3-4-5-6-7-10(8)9-2/h4-5H,1-2,6-7H2,3H3;1H,4-5H2,2H3/q;+1. The van der Waals surface area contributed by atoms with E-state index in [4.69, 9.17) is 10.9 Å². The van der Waals surface area contributed by atoms with E-state index in [2.05, 4.69) is 35.2 Å². The van der Waals surface area contributed by atoms with Crippen molar-refractivity contribution in [3.63, 3.8) is 0 Å². The highest BCUT2D eigenvalue weighted by molar-refractivity contribution is 7.59. The van der Waals surface area contributed by atoms with Gasteiger partial charge in [0.05, 0.1) is 7.11 Å². The van der Waals surface area contributed by atoms with Crippen molar-refractivity contribution in [1.29, 1.82) is 0 Å². The molecule has 0 spiro atoms. The molecule has 0 saturated heterocycles. The monoisotopic (exact) mass is 315 g/mol. The van der Waals surface area contributed by atoms with Gasteiger partial charge < -0.3 is 4.52 Å². The van der Waals surface area contributed by atoms with Gasteiger partial charge in [-0.1, -0.05) is 12.2 Å². The molecule has 0 heterocycles. The molecule has 0 aromatic heterocycles. The Morgan fingerprint density at radius 3 is 2.15 bits per heavy atom. The third-order valence-electron chi connectivity index (χ3n) is 1.88. The zero-order valence-electron chi connectivity index (χ0n) is 12.0. The average molecular weight is 315 g/mol. The second-order valence-electron chi connectivity index (χ2n) is 3.37. The van der Waals surface area contributed by atoms with Crippen LogP contribution in [0.3, 0.4) is 0 Å². The van der Waals surface area contributed by atoms with Crippen molar-refractivity contribution in [1.82, 2.24) is 0 Å². The molecule has 0 bridgehead atoms. The zero-order chi connectivity index (χ0) is 15.9. The van der Waals surface area contributed by atoms with Gasteiger partial charge in [0.25, 0.3) is 0 Å². The first-order chi connectivity index (χ1) is 9.49. The molecule has 0 aromatic carbocycles. The minimum absolute atomic E-state index is 0.426. The molecule has 0 N–H and O–H groups in total. The Labute approximate surface area is 123 Å². The first-order valence-corrected chi connectivity index (χ1v) is 8.95. The van der Waals surface area contributed by atoms with Gasteiger partial charge in [-0.3, -0.25) is 4.57 Å². The van der Waals surface area contributed by atoms with Crippen LogP contribution in [0.25, 0.3) is 0 Å². The summed E-state index contributed by atoms with van der Waals surface area (Å²) < 4.78 is 31.1. The van der Waals surface area contributed by atoms with Crippen LogP contribution in [0, 0.1) is 23.9 Å². The van der Waals surface area contributed by atoms with Crippen molar-refractivity contribution in [2.24, 2.45) is 0 Å². The molecule has 0 radical (unpaired) electrons. The Balaban J connectivity index is 0. The SMILES string of the molecule is C#CCCC#C[P+](=O)OC.C=CCP(=O)(CC=C)OC. The lowest BCUT2D eigenvalue weighted by Crippen LogP contribution is -1.92. The summed E-state index contributed by atoms with van der Waals surface area (Å²) in [5.41, 5.74) is 2.41. The second-order valence-corrected chi connectivity index (χ2v) is 7.20. The summed E-state index contributed by atoms with van der Waals surface area (Å²) in [5.74, 6) is 5.06. The van der Waals surface area contributed by atoms with Crippen molar-refractivity contribution in [2.45, 2.75) is 12.8 Å². The topological polar surface area (TPSA) is 52.6 Å². The van der Waals surface area contributed by atoms with Crippen LogP contribution in [0.15, 0.2) is 25.3 Å². The molecule has 0 aliphatic rings. The van der Waals surface area contributed by atoms with Gasteiger partial charge in [0.1, 0.15) is 0 Å². The molecule has 0 saturated carbocycles. The predicted molar refractivity (Wildman–Crippen MR) is 85.2 cm³/mol. The zero-order valence-corrected chi connectivity index (χ0v) is 13.8. The van der Waals surface area contributed by atoms with Gasteiger partial charge >= 0.3 is 8.03 Å². The lowest BCUT2D eigenvalue weighted by Gasteiger charge is -2.10. The van der Waals surface area contributed by atoms with Crippen LogP contribution in [0.4, 0.5) is 0 Å². The second kappa shape index (κ2) is 14.3. The van der Waals surface area contributed by atoms with Crippen molar-refractivity contribution in [3.8, 4) is 23.9 Å². The molecule has 6 heteroatoms. The van der Waals surface area contributed by atoms with Crippen molar-refractivity contribution in [3.05, 3.63) is 25.3 Å². The minimum atomic E-state index is -2.44.